The number of phenolic OH excluding ortho intramolecular Hbond substituents is 1. The number of aromatic hydroxyl groups is 1. The van der Waals surface area contributed by atoms with Gasteiger partial charge in [0.05, 0.1) is 5.69 Å². The second-order valence-electron chi connectivity index (χ2n) is 6.07. The Balaban J connectivity index is 1.93. The van der Waals surface area contributed by atoms with Crippen LogP contribution in [0.3, 0.4) is 0 Å². The van der Waals surface area contributed by atoms with Crippen LogP contribution in [0.1, 0.15) is 31.4 Å². The van der Waals surface area contributed by atoms with E-state index in [0.717, 1.165) is 24.1 Å². The number of ether oxygens (including phenoxy) is 1. The second kappa shape index (κ2) is 6.95. The summed E-state index contributed by atoms with van der Waals surface area (Å²) >= 11 is 0. The fraction of sp³-hybridized carbons (Fsp3) is 0.350. The van der Waals surface area contributed by atoms with Crippen LogP contribution >= 0.6 is 0 Å². The third-order valence-corrected chi connectivity index (χ3v) is 4.40. The van der Waals surface area contributed by atoms with Gasteiger partial charge in [-0.05, 0) is 36.1 Å². The van der Waals surface area contributed by atoms with E-state index < -0.39 is 6.10 Å². The van der Waals surface area contributed by atoms with Crippen LogP contribution in [-0.4, -0.2) is 23.7 Å². The highest BCUT2D eigenvalue weighted by Crippen LogP contribution is 2.37. The van der Waals surface area contributed by atoms with Crippen molar-refractivity contribution in [3.63, 3.8) is 0 Å². The minimum atomic E-state index is -0.557. The molecule has 126 valence electrons. The number of hydrogen-bond acceptors (Lipinski definition) is 3. The van der Waals surface area contributed by atoms with Crippen LogP contribution in [0.4, 0.5) is 5.69 Å². The molecule has 1 aliphatic heterocycles. The highest BCUT2D eigenvalue weighted by atomic mass is 16.5. The van der Waals surface area contributed by atoms with Crippen LogP contribution in [-0.2, 0) is 17.6 Å². The number of fused-ring (bicyclic) bond motifs is 1. The summed E-state index contributed by atoms with van der Waals surface area (Å²) in [5.41, 5.74) is 3.11. The van der Waals surface area contributed by atoms with Crippen LogP contribution in [0.2, 0.25) is 0 Å². The van der Waals surface area contributed by atoms with Crippen molar-refractivity contribution in [1.82, 2.24) is 0 Å². The van der Waals surface area contributed by atoms with Crippen LogP contribution in [0.25, 0.3) is 0 Å². The Morgan fingerprint density at radius 1 is 1.12 bits per heavy atom. The number of benzene rings is 2. The number of amides is 1. The van der Waals surface area contributed by atoms with Gasteiger partial charge in [-0.15, -0.1) is 0 Å². The molecular formula is C20H23NO3. The van der Waals surface area contributed by atoms with Crippen molar-refractivity contribution in [3.05, 3.63) is 53.6 Å². The van der Waals surface area contributed by atoms with Gasteiger partial charge in [0.1, 0.15) is 11.5 Å². The number of carbonyl (C=O) groups is 1. The number of aryl methyl sites for hydroxylation is 1. The van der Waals surface area contributed by atoms with Gasteiger partial charge in [0.15, 0.2) is 6.10 Å². The van der Waals surface area contributed by atoms with E-state index in [0.29, 0.717) is 18.7 Å². The number of anilines is 1. The van der Waals surface area contributed by atoms with Crippen molar-refractivity contribution >= 4 is 11.6 Å². The standard InChI is InChI=1S/C20H23NO3/c1-3-11-21-17-10-9-16(22)13-18(17)24-19(20(21)23)12-15-8-6-5-7-14(15)4-2/h5-10,13,19,22H,3-4,11-12H2,1-2H3. The van der Waals surface area contributed by atoms with Crippen LogP contribution in [0.15, 0.2) is 42.5 Å². The maximum Gasteiger partial charge on any atom is 0.268 e. The minimum Gasteiger partial charge on any atom is -0.508 e. The van der Waals surface area contributed by atoms with Gasteiger partial charge < -0.3 is 14.7 Å². The molecule has 2 aromatic rings. The monoisotopic (exact) mass is 325 g/mol. The van der Waals surface area contributed by atoms with Crippen molar-refractivity contribution in [3.8, 4) is 11.5 Å². The fourth-order valence-electron chi connectivity index (χ4n) is 3.20. The number of carbonyl (C=O) groups excluding carboxylic acids is 1. The molecule has 4 heteroatoms. The van der Waals surface area contributed by atoms with Gasteiger partial charge >= 0.3 is 0 Å². The molecule has 0 saturated heterocycles. The Morgan fingerprint density at radius 3 is 2.58 bits per heavy atom. The average Bonchev–Trinajstić information content (AvgIpc) is 2.59. The molecule has 1 atom stereocenters. The molecule has 0 radical (unpaired) electrons. The first-order valence-electron chi connectivity index (χ1n) is 8.51. The predicted octanol–water partition coefficient (Wildman–Crippen LogP) is 3.70. The molecule has 1 heterocycles. The highest BCUT2D eigenvalue weighted by molar-refractivity contribution is 6.00. The topological polar surface area (TPSA) is 49.8 Å². The molecule has 1 aliphatic rings. The first-order chi connectivity index (χ1) is 11.6. The highest BCUT2D eigenvalue weighted by Gasteiger charge is 2.34. The Hall–Kier alpha value is -2.49. The summed E-state index contributed by atoms with van der Waals surface area (Å²) in [5, 5.41) is 9.75. The zero-order chi connectivity index (χ0) is 17.1. The summed E-state index contributed by atoms with van der Waals surface area (Å²) in [7, 11) is 0. The number of rotatable bonds is 5. The second-order valence-corrected chi connectivity index (χ2v) is 6.07. The van der Waals surface area contributed by atoms with Gasteiger partial charge in [-0.25, -0.2) is 0 Å². The molecule has 24 heavy (non-hydrogen) atoms. The maximum atomic E-state index is 12.9. The molecule has 3 rings (SSSR count). The molecule has 0 bridgehead atoms. The average molecular weight is 325 g/mol. The van der Waals surface area contributed by atoms with E-state index in [9.17, 15) is 9.90 Å². The molecule has 1 N–H and O–H groups in total. The summed E-state index contributed by atoms with van der Waals surface area (Å²) in [4.78, 5) is 14.7. The number of phenols is 1. The van der Waals surface area contributed by atoms with Crippen LogP contribution in [0, 0.1) is 0 Å². The van der Waals surface area contributed by atoms with Crippen LogP contribution in [0.5, 0.6) is 11.5 Å². The summed E-state index contributed by atoms with van der Waals surface area (Å²) in [6.07, 6.45) is 1.77. The minimum absolute atomic E-state index is 0.0130. The van der Waals surface area contributed by atoms with E-state index in [1.807, 2.05) is 19.1 Å². The van der Waals surface area contributed by atoms with Gasteiger partial charge in [-0.3, -0.25) is 4.79 Å². The number of nitrogens with zero attached hydrogens (tertiary/aromatic N) is 1. The van der Waals surface area contributed by atoms with Crippen molar-refractivity contribution in [1.29, 1.82) is 0 Å². The zero-order valence-electron chi connectivity index (χ0n) is 14.2. The first-order valence-corrected chi connectivity index (χ1v) is 8.51. The largest absolute Gasteiger partial charge is 0.508 e. The van der Waals surface area contributed by atoms with Crippen LogP contribution < -0.4 is 9.64 Å². The van der Waals surface area contributed by atoms with Gasteiger partial charge in [-0.2, -0.15) is 0 Å². The van der Waals surface area contributed by atoms with E-state index in [-0.39, 0.29) is 11.7 Å². The third-order valence-electron chi connectivity index (χ3n) is 4.40. The van der Waals surface area contributed by atoms with Gasteiger partial charge in [-0.1, -0.05) is 38.1 Å². The van der Waals surface area contributed by atoms with E-state index in [1.165, 1.54) is 5.56 Å². The van der Waals surface area contributed by atoms with Crippen molar-refractivity contribution in [2.75, 3.05) is 11.4 Å². The Bertz CT molecular complexity index is 741. The normalized spacial score (nSPS) is 16.7. The summed E-state index contributed by atoms with van der Waals surface area (Å²) in [6.45, 7) is 4.80. The molecule has 0 aromatic heterocycles. The smallest absolute Gasteiger partial charge is 0.268 e. The molecule has 2 aromatic carbocycles. The zero-order valence-corrected chi connectivity index (χ0v) is 14.2. The molecule has 0 aliphatic carbocycles. The van der Waals surface area contributed by atoms with Crippen molar-refractivity contribution in [2.24, 2.45) is 0 Å². The van der Waals surface area contributed by atoms with E-state index in [1.54, 1.807) is 23.1 Å². The van der Waals surface area contributed by atoms with Crippen molar-refractivity contribution < 1.29 is 14.6 Å². The van der Waals surface area contributed by atoms with Gasteiger partial charge in [0.25, 0.3) is 5.91 Å². The molecule has 0 spiro atoms. The van der Waals surface area contributed by atoms with E-state index in [4.69, 9.17) is 4.74 Å². The summed E-state index contributed by atoms with van der Waals surface area (Å²) in [5.74, 6) is 0.704. The Labute approximate surface area is 142 Å². The Morgan fingerprint density at radius 2 is 1.88 bits per heavy atom. The summed E-state index contributed by atoms with van der Waals surface area (Å²) < 4.78 is 5.95. The Kier molecular flexibility index (Phi) is 4.74. The van der Waals surface area contributed by atoms with Crippen molar-refractivity contribution in [2.45, 2.75) is 39.2 Å². The molecule has 0 fully saturated rings. The summed E-state index contributed by atoms with van der Waals surface area (Å²) in [6, 6.07) is 13.1. The fourth-order valence-corrected chi connectivity index (χ4v) is 3.20. The molecular weight excluding hydrogens is 302 g/mol. The predicted molar refractivity (Wildman–Crippen MR) is 94.7 cm³/mol. The lowest BCUT2D eigenvalue weighted by Crippen LogP contribution is -2.47. The molecule has 4 nitrogen and oxygen atoms in total. The molecule has 1 amide bonds. The quantitative estimate of drug-likeness (QED) is 0.912. The SMILES string of the molecule is CCCN1C(=O)C(Cc2ccccc2CC)Oc2cc(O)ccc21. The third kappa shape index (κ3) is 3.09. The molecule has 0 saturated carbocycles. The maximum absolute atomic E-state index is 12.9. The lowest BCUT2D eigenvalue weighted by atomic mass is 9.98. The van der Waals surface area contributed by atoms with E-state index >= 15 is 0 Å². The molecule has 1 unspecified atom stereocenters. The van der Waals surface area contributed by atoms with E-state index in [2.05, 4.69) is 19.1 Å². The van der Waals surface area contributed by atoms with Gasteiger partial charge in [0.2, 0.25) is 0 Å². The first kappa shape index (κ1) is 16.4. The van der Waals surface area contributed by atoms with Gasteiger partial charge in [0, 0.05) is 19.0 Å². The lowest BCUT2D eigenvalue weighted by molar-refractivity contribution is -0.126. The lowest BCUT2D eigenvalue weighted by Gasteiger charge is -2.34. The number of hydrogen-bond donors (Lipinski definition) is 1.